The van der Waals surface area contributed by atoms with E-state index in [1.807, 2.05) is 24.3 Å². The Morgan fingerprint density at radius 3 is 2.92 bits per heavy atom. The van der Waals surface area contributed by atoms with E-state index in [2.05, 4.69) is 4.99 Å². The molecule has 1 atom stereocenters. The summed E-state index contributed by atoms with van der Waals surface area (Å²) in [6, 6.07) is 7.36. The normalized spacial score (nSPS) is 20.9. The number of carbonyl (C=O) groups excluding carboxylic acids is 3. The van der Waals surface area contributed by atoms with E-state index in [1.165, 1.54) is 5.56 Å². The summed E-state index contributed by atoms with van der Waals surface area (Å²) in [6.07, 6.45) is 8.57. The molecule has 6 heteroatoms. The Bertz CT molecular complexity index is 869. The van der Waals surface area contributed by atoms with E-state index in [-0.39, 0.29) is 18.4 Å². The zero-order valence-corrected chi connectivity index (χ0v) is 14.3. The summed E-state index contributed by atoms with van der Waals surface area (Å²) >= 11 is 0. The van der Waals surface area contributed by atoms with Gasteiger partial charge in [-0.1, -0.05) is 36.4 Å². The minimum Gasteiger partial charge on any atom is -0.312 e. The fourth-order valence-electron chi connectivity index (χ4n) is 3.61. The van der Waals surface area contributed by atoms with Crippen LogP contribution in [-0.2, 0) is 16.0 Å². The number of amides is 4. The minimum atomic E-state index is -0.542. The van der Waals surface area contributed by atoms with Gasteiger partial charge in [-0.05, 0) is 30.5 Å². The Labute approximate surface area is 151 Å². The monoisotopic (exact) mass is 349 g/mol. The van der Waals surface area contributed by atoms with Gasteiger partial charge in [0.1, 0.15) is 0 Å². The standard InChI is InChI=1S/C20H19N3O3/c24-18(22-13-11-14-6-1-4-9-17(14)22)10-5-12-23-19(25)15-7-2-3-8-16(15)21-20(23)26/h1-4,6-9,15H,5,10-13H2. The Morgan fingerprint density at radius 1 is 1.19 bits per heavy atom. The van der Waals surface area contributed by atoms with Crippen LogP contribution in [0.5, 0.6) is 0 Å². The Morgan fingerprint density at radius 2 is 2.04 bits per heavy atom. The van der Waals surface area contributed by atoms with E-state index in [1.54, 1.807) is 29.2 Å². The number of fused-ring (bicyclic) bond motifs is 2. The van der Waals surface area contributed by atoms with Crippen LogP contribution in [0.4, 0.5) is 10.5 Å². The molecule has 0 saturated carbocycles. The molecule has 132 valence electrons. The molecule has 0 saturated heterocycles. The van der Waals surface area contributed by atoms with E-state index in [4.69, 9.17) is 0 Å². The van der Waals surface area contributed by atoms with E-state index in [0.717, 1.165) is 17.0 Å². The predicted octanol–water partition coefficient (Wildman–Crippen LogP) is 2.50. The molecule has 1 aromatic carbocycles. The lowest BCUT2D eigenvalue weighted by Gasteiger charge is -2.28. The number of rotatable bonds is 4. The van der Waals surface area contributed by atoms with Crippen molar-refractivity contribution < 1.29 is 14.4 Å². The molecule has 0 N–H and O–H groups in total. The highest BCUT2D eigenvalue weighted by atomic mass is 16.2. The van der Waals surface area contributed by atoms with E-state index < -0.39 is 11.9 Å². The summed E-state index contributed by atoms with van der Waals surface area (Å²) in [4.78, 5) is 44.1. The first-order valence-corrected chi connectivity index (χ1v) is 8.82. The molecule has 26 heavy (non-hydrogen) atoms. The van der Waals surface area contributed by atoms with Crippen LogP contribution in [0.3, 0.4) is 0 Å². The molecular weight excluding hydrogens is 330 g/mol. The smallest absolute Gasteiger partial charge is 0.312 e. The number of imide groups is 1. The molecule has 0 fully saturated rings. The molecular formula is C20H19N3O3. The average molecular weight is 349 g/mol. The van der Waals surface area contributed by atoms with Crippen molar-refractivity contribution in [3.05, 3.63) is 54.1 Å². The van der Waals surface area contributed by atoms with Crippen LogP contribution in [0.15, 0.2) is 53.6 Å². The lowest BCUT2D eigenvalue weighted by molar-refractivity contribution is -0.129. The number of benzene rings is 1. The Balaban J connectivity index is 1.36. The molecule has 0 spiro atoms. The van der Waals surface area contributed by atoms with Gasteiger partial charge in [0.15, 0.2) is 0 Å². The molecule has 4 amide bonds. The summed E-state index contributed by atoms with van der Waals surface area (Å²) in [5, 5.41) is 0. The number of hydrogen-bond acceptors (Lipinski definition) is 3. The van der Waals surface area contributed by atoms with Gasteiger partial charge in [-0.2, -0.15) is 4.99 Å². The van der Waals surface area contributed by atoms with Gasteiger partial charge in [0.25, 0.3) is 0 Å². The third-order valence-corrected chi connectivity index (χ3v) is 4.95. The first-order chi connectivity index (χ1) is 12.6. The topological polar surface area (TPSA) is 70.0 Å². The highest BCUT2D eigenvalue weighted by Crippen LogP contribution is 2.28. The fourth-order valence-corrected chi connectivity index (χ4v) is 3.61. The van der Waals surface area contributed by atoms with Crippen LogP contribution in [-0.4, -0.2) is 41.5 Å². The van der Waals surface area contributed by atoms with Crippen molar-refractivity contribution in [2.45, 2.75) is 19.3 Å². The number of para-hydroxylation sites is 1. The molecule has 0 aromatic heterocycles. The minimum absolute atomic E-state index is 0.0246. The second-order valence-electron chi connectivity index (χ2n) is 6.56. The summed E-state index contributed by atoms with van der Waals surface area (Å²) in [7, 11) is 0. The van der Waals surface area contributed by atoms with Gasteiger partial charge >= 0.3 is 6.03 Å². The van der Waals surface area contributed by atoms with Gasteiger partial charge in [0.2, 0.25) is 11.8 Å². The molecule has 2 heterocycles. The Hall–Kier alpha value is -3.02. The van der Waals surface area contributed by atoms with Crippen LogP contribution in [0.1, 0.15) is 18.4 Å². The van der Waals surface area contributed by atoms with Gasteiger partial charge < -0.3 is 4.90 Å². The first kappa shape index (κ1) is 16.4. The molecule has 0 radical (unpaired) electrons. The van der Waals surface area contributed by atoms with Gasteiger partial charge in [0.05, 0.1) is 11.6 Å². The number of hydrogen-bond donors (Lipinski definition) is 0. The molecule has 3 aliphatic rings. The van der Waals surface area contributed by atoms with Crippen molar-refractivity contribution in [3.63, 3.8) is 0 Å². The van der Waals surface area contributed by atoms with Gasteiger partial charge in [-0.3, -0.25) is 14.5 Å². The molecule has 4 rings (SSSR count). The van der Waals surface area contributed by atoms with Crippen molar-refractivity contribution in [2.75, 3.05) is 18.0 Å². The number of urea groups is 1. The number of carbonyl (C=O) groups is 3. The highest BCUT2D eigenvalue weighted by Gasteiger charge is 2.35. The fraction of sp³-hybridized carbons (Fsp3) is 0.300. The first-order valence-electron chi connectivity index (χ1n) is 8.82. The number of allylic oxidation sites excluding steroid dienone is 3. The lowest BCUT2D eigenvalue weighted by Crippen LogP contribution is -2.46. The van der Waals surface area contributed by atoms with Crippen molar-refractivity contribution in [1.29, 1.82) is 0 Å². The molecule has 1 aromatic rings. The van der Waals surface area contributed by atoms with Crippen LogP contribution in [0, 0.1) is 5.92 Å². The van der Waals surface area contributed by atoms with Gasteiger partial charge in [0, 0.05) is 25.2 Å². The maximum Gasteiger partial charge on any atom is 0.350 e. The summed E-state index contributed by atoms with van der Waals surface area (Å²) in [6.45, 7) is 0.899. The van der Waals surface area contributed by atoms with Crippen LogP contribution in [0.25, 0.3) is 0 Å². The maximum atomic E-state index is 12.5. The Kier molecular flexibility index (Phi) is 4.24. The van der Waals surface area contributed by atoms with E-state index in [9.17, 15) is 14.4 Å². The van der Waals surface area contributed by atoms with Gasteiger partial charge in [-0.15, -0.1) is 0 Å². The molecule has 0 bridgehead atoms. The largest absolute Gasteiger partial charge is 0.350 e. The maximum absolute atomic E-state index is 12.5. The predicted molar refractivity (Wildman–Crippen MR) is 98.0 cm³/mol. The SMILES string of the molecule is O=C1N=C2C=CC=CC2C(=O)N1CCCC(=O)N1CCc2ccccc21. The van der Waals surface area contributed by atoms with Crippen molar-refractivity contribution >= 4 is 29.2 Å². The van der Waals surface area contributed by atoms with E-state index >= 15 is 0 Å². The molecule has 1 aliphatic carbocycles. The third kappa shape index (κ3) is 2.87. The zero-order chi connectivity index (χ0) is 18.1. The lowest BCUT2D eigenvalue weighted by atomic mass is 9.95. The van der Waals surface area contributed by atoms with Crippen LogP contribution < -0.4 is 4.90 Å². The number of nitrogens with zero attached hydrogens (tertiary/aromatic N) is 3. The van der Waals surface area contributed by atoms with Crippen molar-refractivity contribution in [2.24, 2.45) is 10.9 Å². The van der Waals surface area contributed by atoms with Crippen molar-refractivity contribution in [1.82, 2.24) is 4.90 Å². The average Bonchev–Trinajstić information content (AvgIpc) is 3.08. The molecule has 1 unspecified atom stereocenters. The quantitative estimate of drug-likeness (QED) is 0.838. The third-order valence-electron chi connectivity index (χ3n) is 4.95. The van der Waals surface area contributed by atoms with E-state index in [0.29, 0.717) is 25.1 Å². The second kappa shape index (κ2) is 6.71. The number of aliphatic imine (C=N–C) groups is 1. The summed E-state index contributed by atoms with van der Waals surface area (Å²) < 4.78 is 0. The number of anilines is 1. The molecule has 6 nitrogen and oxygen atoms in total. The molecule has 2 aliphatic heterocycles. The summed E-state index contributed by atoms with van der Waals surface area (Å²) in [5.74, 6) is -0.727. The van der Waals surface area contributed by atoms with Gasteiger partial charge in [-0.25, -0.2) is 4.79 Å². The van der Waals surface area contributed by atoms with Crippen molar-refractivity contribution in [3.8, 4) is 0 Å². The van der Waals surface area contributed by atoms with Crippen LogP contribution in [0.2, 0.25) is 0 Å². The summed E-state index contributed by atoms with van der Waals surface area (Å²) in [5.41, 5.74) is 2.64. The van der Waals surface area contributed by atoms with Crippen LogP contribution >= 0.6 is 0 Å². The highest BCUT2D eigenvalue weighted by molar-refractivity contribution is 6.21. The zero-order valence-electron chi connectivity index (χ0n) is 14.3. The second-order valence-corrected chi connectivity index (χ2v) is 6.56.